The number of hydrazine groups is 1. The molecular formula is C29H31N3O4. The molecule has 4 atom stereocenters. The predicted octanol–water partition coefficient (Wildman–Crippen LogP) is 4.01. The average molecular weight is 486 g/mol. The highest BCUT2D eigenvalue weighted by Gasteiger charge is 2.48. The number of hydrogen-bond acceptors (Lipinski definition) is 7. The van der Waals surface area contributed by atoms with Crippen molar-refractivity contribution in [1.82, 2.24) is 5.43 Å². The lowest BCUT2D eigenvalue weighted by atomic mass is 10.0. The molecule has 0 saturated carbocycles. The van der Waals surface area contributed by atoms with E-state index in [1.807, 2.05) is 91.0 Å². The normalized spacial score (nSPS) is 21.7. The molecule has 3 aromatic rings. The summed E-state index contributed by atoms with van der Waals surface area (Å²) in [4.78, 5) is 0. The molecule has 7 heteroatoms. The summed E-state index contributed by atoms with van der Waals surface area (Å²) in [5.41, 5.74) is 5.89. The standard InChI is InChI=1S/C29H31N3O4/c30-16-25(17-32-31)27-29(35-20-24-14-8-3-9-15-24)28(34-19-23-12-6-2-7-13-23)26(36-27)21-33-18-22-10-4-1-5-11-22/h1-15,17,26-29,32H,18-21,31H2/t26-,27-,28-,29-/m1/s1. The highest BCUT2D eigenvalue weighted by Crippen LogP contribution is 2.32. The maximum absolute atomic E-state index is 9.80. The molecule has 3 N–H and O–H groups in total. The lowest BCUT2D eigenvalue weighted by Gasteiger charge is -2.25. The van der Waals surface area contributed by atoms with Crippen LogP contribution in [0.4, 0.5) is 0 Å². The fourth-order valence-electron chi connectivity index (χ4n) is 4.16. The van der Waals surface area contributed by atoms with Crippen LogP contribution in [0.15, 0.2) is 103 Å². The molecule has 4 rings (SSSR count). The van der Waals surface area contributed by atoms with Crippen molar-refractivity contribution in [1.29, 1.82) is 5.26 Å². The van der Waals surface area contributed by atoms with Gasteiger partial charge in [0.15, 0.2) is 0 Å². The summed E-state index contributed by atoms with van der Waals surface area (Å²) < 4.78 is 25.1. The Bertz CT molecular complexity index is 1120. The Hall–Kier alpha value is -3.51. The van der Waals surface area contributed by atoms with Gasteiger partial charge in [0.2, 0.25) is 0 Å². The molecule has 3 aromatic carbocycles. The molecule has 1 fully saturated rings. The van der Waals surface area contributed by atoms with Crippen LogP contribution in [0.5, 0.6) is 0 Å². The molecule has 186 valence electrons. The molecule has 36 heavy (non-hydrogen) atoms. The minimum absolute atomic E-state index is 0.283. The molecule has 0 unspecified atom stereocenters. The zero-order valence-electron chi connectivity index (χ0n) is 20.0. The SMILES string of the molecule is N#CC(=CNN)[C@H]1O[C@H](COCc2ccccc2)[C@@H](OCc2ccccc2)[C@@H]1OCc1ccccc1. The van der Waals surface area contributed by atoms with Gasteiger partial charge in [0, 0.05) is 6.20 Å². The molecule has 1 aliphatic rings. The van der Waals surface area contributed by atoms with E-state index >= 15 is 0 Å². The first-order chi connectivity index (χ1) is 17.8. The van der Waals surface area contributed by atoms with E-state index in [0.29, 0.717) is 25.4 Å². The largest absolute Gasteiger partial charge is 0.374 e. The second-order valence-electron chi connectivity index (χ2n) is 8.50. The summed E-state index contributed by atoms with van der Waals surface area (Å²) >= 11 is 0. The Morgan fingerprint density at radius 2 is 1.31 bits per heavy atom. The number of hydrogen-bond donors (Lipinski definition) is 2. The van der Waals surface area contributed by atoms with Gasteiger partial charge < -0.3 is 24.4 Å². The van der Waals surface area contributed by atoms with Crippen LogP contribution in [-0.2, 0) is 38.8 Å². The van der Waals surface area contributed by atoms with Crippen LogP contribution in [0.25, 0.3) is 0 Å². The molecule has 0 spiro atoms. The first-order valence-corrected chi connectivity index (χ1v) is 11.9. The third-order valence-electron chi connectivity index (χ3n) is 5.95. The van der Waals surface area contributed by atoms with Crippen molar-refractivity contribution in [2.75, 3.05) is 6.61 Å². The lowest BCUT2D eigenvalue weighted by molar-refractivity contribution is -0.0896. The van der Waals surface area contributed by atoms with E-state index in [1.165, 1.54) is 6.20 Å². The number of nitrogens with zero attached hydrogens (tertiary/aromatic N) is 1. The van der Waals surface area contributed by atoms with E-state index in [0.717, 1.165) is 16.7 Å². The van der Waals surface area contributed by atoms with Gasteiger partial charge >= 0.3 is 0 Å². The van der Waals surface area contributed by atoms with Gasteiger partial charge in [-0.25, -0.2) is 0 Å². The Kier molecular flexibility index (Phi) is 9.62. The van der Waals surface area contributed by atoms with Crippen LogP contribution >= 0.6 is 0 Å². The molecule has 0 radical (unpaired) electrons. The second kappa shape index (κ2) is 13.5. The number of rotatable bonds is 12. The summed E-state index contributed by atoms with van der Waals surface area (Å²) in [6.07, 6.45) is -0.688. The zero-order chi connectivity index (χ0) is 25.0. The fraction of sp³-hybridized carbons (Fsp3) is 0.276. The fourth-order valence-corrected chi connectivity index (χ4v) is 4.16. The number of nitriles is 1. The monoisotopic (exact) mass is 485 g/mol. The minimum Gasteiger partial charge on any atom is -0.374 e. The van der Waals surface area contributed by atoms with E-state index in [2.05, 4.69) is 11.5 Å². The van der Waals surface area contributed by atoms with Gasteiger partial charge in [-0.3, -0.25) is 5.84 Å². The summed E-state index contributed by atoms with van der Waals surface area (Å²) in [6.45, 7) is 1.45. The smallest absolute Gasteiger partial charge is 0.123 e. The lowest BCUT2D eigenvalue weighted by Crippen LogP contribution is -2.39. The Balaban J connectivity index is 1.54. The summed E-state index contributed by atoms with van der Waals surface area (Å²) in [5.74, 6) is 5.50. The van der Waals surface area contributed by atoms with Gasteiger partial charge in [-0.15, -0.1) is 0 Å². The topological polar surface area (TPSA) is 98.8 Å². The maximum Gasteiger partial charge on any atom is 0.123 e. The van der Waals surface area contributed by atoms with E-state index in [-0.39, 0.29) is 6.61 Å². The Morgan fingerprint density at radius 3 is 1.81 bits per heavy atom. The molecule has 1 saturated heterocycles. The van der Waals surface area contributed by atoms with Crippen molar-refractivity contribution in [2.45, 2.75) is 44.2 Å². The van der Waals surface area contributed by atoms with Crippen LogP contribution in [0.3, 0.4) is 0 Å². The molecular weight excluding hydrogens is 454 g/mol. The quantitative estimate of drug-likeness (QED) is 0.227. The Morgan fingerprint density at radius 1 is 0.806 bits per heavy atom. The first-order valence-electron chi connectivity index (χ1n) is 11.9. The minimum atomic E-state index is -0.666. The van der Waals surface area contributed by atoms with Crippen LogP contribution in [0.2, 0.25) is 0 Å². The van der Waals surface area contributed by atoms with E-state index in [9.17, 15) is 5.26 Å². The van der Waals surface area contributed by atoms with Crippen molar-refractivity contribution in [3.05, 3.63) is 119 Å². The summed E-state index contributed by atoms with van der Waals surface area (Å²) in [5, 5.41) is 9.80. The average Bonchev–Trinajstić information content (AvgIpc) is 3.28. The van der Waals surface area contributed by atoms with Gasteiger partial charge in [-0.05, 0) is 16.7 Å². The van der Waals surface area contributed by atoms with Crippen molar-refractivity contribution in [3.8, 4) is 6.07 Å². The van der Waals surface area contributed by atoms with Crippen molar-refractivity contribution < 1.29 is 18.9 Å². The molecule has 7 nitrogen and oxygen atoms in total. The number of nitrogens with one attached hydrogen (secondary N) is 1. The first kappa shape index (κ1) is 25.6. The van der Waals surface area contributed by atoms with Crippen molar-refractivity contribution in [3.63, 3.8) is 0 Å². The van der Waals surface area contributed by atoms with Crippen LogP contribution < -0.4 is 11.3 Å². The van der Waals surface area contributed by atoms with Gasteiger partial charge in [0.05, 0.1) is 38.1 Å². The van der Waals surface area contributed by atoms with Crippen molar-refractivity contribution >= 4 is 0 Å². The highest BCUT2D eigenvalue weighted by molar-refractivity contribution is 5.29. The van der Waals surface area contributed by atoms with E-state index in [4.69, 9.17) is 24.8 Å². The van der Waals surface area contributed by atoms with E-state index in [1.54, 1.807) is 0 Å². The second-order valence-corrected chi connectivity index (χ2v) is 8.50. The van der Waals surface area contributed by atoms with Gasteiger partial charge in [0.1, 0.15) is 24.4 Å². The Labute approximate surface area is 212 Å². The maximum atomic E-state index is 9.80. The van der Waals surface area contributed by atoms with Gasteiger partial charge in [-0.2, -0.15) is 5.26 Å². The predicted molar refractivity (Wildman–Crippen MR) is 136 cm³/mol. The molecule has 1 aliphatic heterocycles. The summed E-state index contributed by atoms with van der Waals surface area (Å²) in [6, 6.07) is 31.9. The molecule has 0 aliphatic carbocycles. The van der Waals surface area contributed by atoms with Crippen LogP contribution in [0, 0.1) is 11.3 Å². The number of benzene rings is 3. The third kappa shape index (κ3) is 7.01. The van der Waals surface area contributed by atoms with Crippen LogP contribution in [-0.4, -0.2) is 31.0 Å². The number of ether oxygens (including phenoxy) is 4. The zero-order valence-corrected chi connectivity index (χ0v) is 20.0. The highest BCUT2D eigenvalue weighted by atomic mass is 16.6. The molecule has 1 heterocycles. The van der Waals surface area contributed by atoms with Gasteiger partial charge in [-0.1, -0.05) is 91.0 Å². The number of nitrogens with two attached hydrogens (primary N) is 1. The molecule has 0 aromatic heterocycles. The van der Waals surface area contributed by atoms with Crippen molar-refractivity contribution in [2.24, 2.45) is 5.84 Å². The van der Waals surface area contributed by atoms with Gasteiger partial charge in [0.25, 0.3) is 0 Å². The summed E-state index contributed by atoms with van der Waals surface area (Å²) in [7, 11) is 0. The molecule has 0 bridgehead atoms. The molecule has 0 amide bonds. The van der Waals surface area contributed by atoms with Crippen LogP contribution in [0.1, 0.15) is 16.7 Å². The van der Waals surface area contributed by atoms with E-state index < -0.39 is 24.4 Å². The third-order valence-corrected chi connectivity index (χ3v) is 5.95.